The first-order valence-electron chi connectivity index (χ1n) is 13.7. The van der Waals surface area contributed by atoms with Crippen LogP contribution >= 0.6 is 11.3 Å². The third-order valence-electron chi connectivity index (χ3n) is 8.05. The van der Waals surface area contributed by atoms with Gasteiger partial charge in [0.25, 0.3) is 5.91 Å². The fraction of sp³-hybridized carbons (Fsp3) is 0.429. The van der Waals surface area contributed by atoms with E-state index in [-0.39, 0.29) is 40.9 Å². The number of benzene rings is 1. The second kappa shape index (κ2) is 10.5. The van der Waals surface area contributed by atoms with Gasteiger partial charge in [0.15, 0.2) is 5.13 Å². The summed E-state index contributed by atoms with van der Waals surface area (Å²) in [5.41, 5.74) is 2.38. The Morgan fingerprint density at radius 2 is 1.95 bits per heavy atom. The topological polar surface area (TPSA) is 137 Å². The highest BCUT2D eigenvalue weighted by atomic mass is 32.2. The van der Waals surface area contributed by atoms with Crippen molar-refractivity contribution in [3.63, 3.8) is 0 Å². The average Bonchev–Trinajstić information content (AvgIpc) is 3.65. The van der Waals surface area contributed by atoms with Crippen LogP contribution in [0.3, 0.4) is 0 Å². The minimum Gasteiger partial charge on any atom is -0.331 e. The van der Waals surface area contributed by atoms with E-state index >= 15 is 0 Å². The lowest BCUT2D eigenvalue weighted by atomic mass is 10.0. The first-order valence-corrected chi connectivity index (χ1v) is 16.0. The van der Waals surface area contributed by atoms with Crippen LogP contribution in [0.5, 0.6) is 0 Å². The summed E-state index contributed by atoms with van der Waals surface area (Å²) < 4.78 is 28.6. The maximum atomic E-state index is 13.4. The van der Waals surface area contributed by atoms with Crippen LogP contribution in [-0.2, 0) is 21.4 Å². The van der Waals surface area contributed by atoms with Gasteiger partial charge in [-0.05, 0) is 82.0 Å². The molecule has 0 unspecified atom stereocenters. The second-order valence-corrected chi connectivity index (χ2v) is 13.8. The average molecular weight is 596 g/mol. The van der Waals surface area contributed by atoms with Crippen LogP contribution in [0.4, 0.5) is 16.8 Å². The molecule has 0 spiro atoms. The number of carbonyl (C=O) groups is 2. The molecule has 216 valence electrons. The number of hydrogen-bond donors (Lipinski definition) is 3. The molecule has 6 rings (SSSR count). The zero-order valence-electron chi connectivity index (χ0n) is 23.4. The molecule has 2 amide bonds. The zero-order chi connectivity index (χ0) is 29.1. The van der Waals surface area contributed by atoms with Gasteiger partial charge in [-0.25, -0.2) is 23.1 Å². The van der Waals surface area contributed by atoms with Gasteiger partial charge in [0.2, 0.25) is 15.9 Å². The van der Waals surface area contributed by atoms with E-state index in [0.29, 0.717) is 46.9 Å². The third-order valence-corrected chi connectivity index (χ3v) is 10.6. The van der Waals surface area contributed by atoms with Crippen LogP contribution in [0.25, 0.3) is 10.4 Å². The number of fused-ring (bicyclic) bond motifs is 1. The highest BCUT2D eigenvalue weighted by Gasteiger charge is 2.41. The molecule has 2 aliphatic heterocycles. The van der Waals surface area contributed by atoms with E-state index in [1.165, 1.54) is 18.4 Å². The number of amides is 2. The van der Waals surface area contributed by atoms with Gasteiger partial charge in [0, 0.05) is 25.2 Å². The Morgan fingerprint density at radius 3 is 2.66 bits per heavy atom. The van der Waals surface area contributed by atoms with Crippen molar-refractivity contribution in [2.45, 2.75) is 57.1 Å². The van der Waals surface area contributed by atoms with E-state index in [9.17, 15) is 18.0 Å². The number of hydrogen-bond acceptors (Lipinski definition) is 9. The SMILES string of the molecule is CNS(=O)(=O)c1cc(-c2sc(Nc3cccc(N4C(=O)CNC[C@@H]4C)n3)nc2C)cc2c1C(=O)N([C@@H](C)C1CC1)C2. The Morgan fingerprint density at radius 1 is 1.17 bits per heavy atom. The summed E-state index contributed by atoms with van der Waals surface area (Å²) in [5, 5.41) is 6.94. The molecule has 41 heavy (non-hydrogen) atoms. The number of rotatable bonds is 8. The number of nitrogens with one attached hydrogen (secondary N) is 3. The molecule has 1 saturated carbocycles. The van der Waals surface area contributed by atoms with E-state index < -0.39 is 10.0 Å². The molecule has 1 saturated heterocycles. The zero-order valence-corrected chi connectivity index (χ0v) is 25.0. The van der Waals surface area contributed by atoms with Gasteiger partial charge in [-0.3, -0.25) is 14.5 Å². The highest BCUT2D eigenvalue weighted by molar-refractivity contribution is 7.89. The molecule has 3 aromatic rings. The molecule has 0 bridgehead atoms. The van der Waals surface area contributed by atoms with Crippen molar-refractivity contribution < 1.29 is 18.0 Å². The van der Waals surface area contributed by atoms with Crippen LogP contribution in [0.2, 0.25) is 0 Å². The van der Waals surface area contributed by atoms with Crippen LogP contribution in [-0.4, -0.2) is 67.3 Å². The molecule has 1 aromatic carbocycles. The monoisotopic (exact) mass is 595 g/mol. The largest absolute Gasteiger partial charge is 0.331 e. The third kappa shape index (κ3) is 5.11. The van der Waals surface area contributed by atoms with Gasteiger partial charge in [0.05, 0.1) is 27.6 Å². The molecule has 2 fully saturated rings. The fourth-order valence-corrected chi connectivity index (χ4v) is 7.62. The molecule has 0 radical (unpaired) electrons. The number of thiazole rings is 1. The Labute approximate surface area is 243 Å². The first kappa shape index (κ1) is 27.8. The van der Waals surface area contributed by atoms with Crippen molar-refractivity contribution in [3.8, 4) is 10.4 Å². The number of pyridine rings is 1. The van der Waals surface area contributed by atoms with Crippen molar-refractivity contribution >= 4 is 49.9 Å². The number of carbonyl (C=O) groups excluding carboxylic acids is 2. The predicted molar refractivity (Wildman–Crippen MR) is 158 cm³/mol. The molecule has 3 N–H and O–H groups in total. The summed E-state index contributed by atoms with van der Waals surface area (Å²) in [6.45, 7) is 7.23. The van der Waals surface area contributed by atoms with E-state index in [1.807, 2.05) is 45.0 Å². The summed E-state index contributed by atoms with van der Waals surface area (Å²) >= 11 is 1.38. The summed E-state index contributed by atoms with van der Waals surface area (Å²) in [6.07, 6.45) is 2.18. The molecule has 2 atom stereocenters. The van der Waals surface area contributed by atoms with Crippen molar-refractivity contribution in [1.82, 2.24) is 24.9 Å². The van der Waals surface area contributed by atoms with E-state index in [4.69, 9.17) is 0 Å². The van der Waals surface area contributed by atoms with E-state index in [0.717, 1.165) is 23.4 Å². The maximum Gasteiger partial charge on any atom is 0.256 e. The molecular weight excluding hydrogens is 562 g/mol. The van der Waals surface area contributed by atoms with Crippen LogP contribution in [0.1, 0.15) is 48.3 Å². The van der Waals surface area contributed by atoms with Gasteiger partial charge < -0.3 is 15.5 Å². The summed E-state index contributed by atoms with van der Waals surface area (Å²) in [6, 6.07) is 9.00. The number of sulfonamides is 1. The van der Waals surface area contributed by atoms with Crippen molar-refractivity contribution in [2.24, 2.45) is 5.92 Å². The summed E-state index contributed by atoms with van der Waals surface area (Å²) in [4.78, 5) is 39.6. The minimum absolute atomic E-state index is 0.00511. The van der Waals surface area contributed by atoms with E-state index in [2.05, 4.69) is 25.3 Å². The van der Waals surface area contributed by atoms with Crippen molar-refractivity contribution in [1.29, 1.82) is 0 Å². The Bertz CT molecular complexity index is 1650. The smallest absolute Gasteiger partial charge is 0.256 e. The number of piperazine rings is 1. The van der Waals surface area contributed by atoms with Gasteiger partial charge in [-0.1, -0.05) is 17.4 Å². The van der Waals surface area contributed by atoms with Crippen molar-refractivity contribution in [3.05, 3.63) is 47.2 Å². The molecular formula is C28H33N7O4S2. The number of nitrogens with zero attached hydrogens (tertiary/aromatic N) is 4. The van der Waals surface area contributed by atoms with Gasteiger partial charge in [-0.2, -0.15) is 0 Å². The molecule has 3 aliphatic rings. The van der Waals surface area contributed by atoms with Crippen LogP contribution < -0.4 is 20.3 Å². The normalized spacial score (nSPS) is 20.0. The summed E-state index contributed by atoms with van der Waals surface area (Å²) in [5.74, 6) is 1.32. The molecule has 1 aliphatic carbocycles. The number of aryl methyl sites for hydroxylation is 1. The number of anilines is 3. The maximum absolute atomic E-state index is 13.4. The molecule has 11 nitrogen and oxygen atoms in total. The molecule has 4 heterocycles. The Hall–Kier alpha value is -3.39. The van der Waals surface area contributed by atoms with E-state index in [1.54, 1.807) is 15.9 Å². The van der Waals surface area contributed by atoms with Gasteiger partial charge in [-0.15, -0.1) is 0 Å². The summed E-state index contributed by atoms with van der Waals surface area (Å²) in [7, 11) is -2.54. The van der Waals surface area contributed by atoms with Gasteiger partial charge in [0.1, 0.15) is 11.6 Å². The van der Waals surface area contributed by atoms with Gasteiger partial charge >= 0.3 is 0 Å². The predicted octanol–water partition coefficient (Wildman–Crippen LogP) is 3.24. The fourth-order valence-electron chi connectivity index (χ4n) is 5.67. The lowest BCUT2D eigenvalue weighted by Crippen LogP contribution is -2.54. The molecule has 2 aromatic heterocycles. The number of aromatic nitrogens is 2. The Kier molecular flexibility index (Phi) is 7.09. The van der Waals surface area contributed by atoms with Crippen LogP contribution in [0, 0.1) is 12.8 Å². The first-order chi connectivity index (χ1) is 19.6. The second-order valence-electron chi connectivity index (χ2n) is 10.9. The molecule has 13 heteroatoms. The lowest BCUT2D eigenvalue weighted by molar-refractivity contribution is -0.119. The lowest BCUT2D eigenvalue weighted by Gasteiger charge is -2.33. The van der Waals surface area contributed by atoms with Crippen molar-refractivity contribution in [2.75, 3.05) is 30.4 Å². The van der Waals surface area contributed by atoms with Crippen LogP contribution in [0.15, 0.2) is 35.2 Å². The highest BCUT2D eigenvalue weighted by Crippen LogP contribution is 2.42. The quantitative estimate of drug-likeness (QED) is 0.361. The standard InChI is InChI=1S/C28H33N7O4S2/c1-15-12-30-13-24(36)35(15)23-7-5-6-22(32-23)33-28-31-16(2)26(40-28)19-10-20-14-34(17(3)18-8-9-18)27(37)25(20)21(11-19)41(38,39)29-4/h5-7,10-11,15,17-18,29-30H,8-9,12-14H2,1-4H3,(H,31,32,33)/t15-,17-/m0/s1. The minimum atomic E-state index is -3.90. The Balaban J connectivity index is 1.33.